The Kier molecular flexibility index (Phi) is 7.88. The van der Waals surface area contributed by atoms with E-state index in [0.717, 1.165) is 43.2 Å². The molecule has 0 bridgehead atoms. The standard InChI is InChI=1S/C22H29N3O6S2/c1-16-13-17(25(10-11-26)15-18-5-4-12-31-18)6-8-20(16)23-24-21-14-19(32(2,27)28)7-9-22(21)33(3,29)30/h6-9,13-14,18,26H,4-5,10-12,15H2,1-3H3. The van der Waals surface area contributed by atoms with Gasteiger partial charge in [0.05, 0.1) is 28.2 Å². The van der Waals surface area contributed by atoms with Crippen LogP contribution in [-0.4, -0.2) is 66.9 Å². The van der Waals surface area contributed by atoms with Crippen molar-refractivity contribution in [1.29, 1.82) is 0 Å². The van der Waals surface area contributed by atoms with Gasteiger partial charge >= 0.3 is 0 Å². The summed E-state index contributed by atoms with van der Waals surface area (Å²) in [4.78, 5) is 1.92. The highest BCUT2D eigenvalue weighted by Gasteiger charge is 2.20. The first kappa shape index (κ1) is 25.3. The van der Waals surface area contributed by atoms with Crippen LogP contribution in [0, 0.1) is 6.92 Å². The van der Waals surface area contributed by atoms with E-state index < -0.39 is 19.7 Å². The molecule has 1 atom stereocenters. The molecule has 0 aromatic heterocycles. The van der Waals surface area contributed by atoms with E-state index in [1.165, 1.54) is 18.2 Å². The first-order valence-electron chi connectivity index (χ1n) is 10.5. The van der Waals surface area contributed by atoms with Crippen LogP contribution in [0.4, 0.5) is 17.1 Å². The fourth-order valence-corrected chi connectivity index (χ4v) is 5.09. The number of anilines is 1. The van der Waals surface area contributed by atoms with Gasteiger partial charge in [0, 0.05) is 37.9 Å². The van der Waals surface area contributed by atoms with E-state index in [-0.39, 0.29) is 28.2 Å². The highest BCUT2D eigenvalue weighted by Crippen LogP contribution is 2.31. The Morgan fingerprint density at radius 2 is 1.76 bits per heavy atom. The van der Waals surface area contributed by atoms with Gasteiger partial charge in [0.1, 0.15) is 5.69 Å². The molecule has 1 saturated heterocycles. The summed E-state index contributed by atoms with van der Waals surface area (Å²) in [6.07, 6.45) is 4.23. The average molecular weight is 496 g/mol. The third kappa shape index (κ3) is 6.59. The monoisotopic (exact) mass is 495 g/mol. The molecule has 0 spiro atoms. The lowest BCUT2D eigenvalue weighted by Crippen LogP contribution is -2.34. The maximum absolute atomic E-state index is 12.1. The van der Waals surface area contributed by atoms with E-state index in [1.54, 1.807) is 6.07 Å². The van der Waals surface area contributed by atoms with Crippen LogP contribution in [0.3, 0.4) is 0 Å². The number of benzene rings is 2. The number of sulfone groups is 2. The fourth-order valence-electron chi connectivity index (χ4n) is 3.66. The van der Waals surface area contributed by atoms with Crippen LogP contribution in [-0.2, 0) is 24.4 Å². The summed E-state index contributed by atoms with van der Waals surface area (Å²) in [5, 5.41) is 17.7. The number of rotatable bonds is 9. The van der Waals surface area contributed by atoms with Crippen LogP contribution in [0.15, 0.2) is 56.4 Å². The maximum atomic E-state index is 12.1. The molecule has 1 aliphatic heterocycles. The van der Waals surface area contributed by atoms with Gasteiger partial charge in [-0.05, 0) is 61.7 Å². The van der Waals surface area contributed by atoms with E-state index in [4.69, 9.17) is 4.74 Å². The molecular weight excluding hydrogens is 466 g/mol. The zero-order valence-electron chi connectivity index (χ0n) is 18.9. The SMILES string of the molecule is Cc1cc(N(CCO)CC2CCCO2)ccc1N=Nc1cc(S(C)(=O)=O)ccc1S(C)(=O)=O. The Bertz CT molecular complexity index is 1240. The number of ether oxygens (including phenoxy) is 1. The van der Waals surface area contributed by atoms with E-state index in [0.29, 0.717) is 18.8 Å². The van der Waals surface area contributed by atoms with Gasteiger partial charge < -0.3 is 14.7 Å². The van der Waals surface area contributed by atoms with Crippen molar-refractivity contribution in [2.45, 2.75) is 35.7 Å². The van der Waals surface area contributed by atoms with Gasteiger partial charge in [-0.1, -0.05) is 0 Å². The minimum Gasteiger partial charge on any atom is -0.395 e. The molecule has 3 rings (SSSR count). The summed E-state index contributed by atoms with van der Waals surface area (Å²) in [6.45, 7) is 3.77. The maximum Gasteiger partial charge on any atom is 0.177 e. The van der Waals surface area contributed by atoms with Crippen LogP contribution in [0.5, 0.6) is 0 Å². The van der Waals surface area contributed by atoms with Crippen LogP contribution in [0.1, 0.15) is 18.4 Å². The Balaban J connectivity index is 1.91. The minimum atomic E-state index is -3.64. The van der Waals surface area contributed by atoms with E-state index in [9.17, 15) is 21.9 Å². The van der Waals surface area contributed by atoms with Gasteiger partial charge in [-0.25, -0.2) is 16.8 Å². The lowest BCUT2D eigenvalue weighted by Gasteiger charge is -2.27. The third-order valence-electron chi connectivity index (χ3n) is 5.39. The molecule has 11 heteroatoms. The van der Waals surface area contributed by atoms with Crippen molar-refractivity contribution < 1.29 is 26.7 Å². The molecule has 33 heavy (non-hydrogen) atoms. The third-order valence-corrected chi connectivity index (χ3v) is 7.64. The largest absolute Gasteiger partial charge is 0.395 e. The molecule has 2 aromatic carbocycles. The first-order chi connectivity index (χ1) is 15.5. The van der Waals surface area contributed by atoms with Crippen molar-refractivity contribution in [3.8, 4) is 0 Å². The fraction of sp³-hybridized carbons (Fsp3) is 0.455. The smallest absolute Gasteiger partial charge is 0.177 e. The molecule has 2 aromatic rings. The van der Waals surface area contributed by atoms with Crippen molar-refractivity contribution >= 4 is 36.7 Å². The van der Waals surface area contributed by atoms with Crippen molar-refractivity contribution in [2.75, 3.05) is 43.7 Å². The highest BCUT2D eigenvalue weighted by molar-refractivity contribution is 7.91. The van der Waals surface area contributed by atoms with Crippen LogP contribution >= 0.6 is 0 Å². The highest BCUT2D eigenvalue weighted by atomic mass is 32.2. The van der Waals surface area contributed by atoms with Gasteiger partial charge in [-0.15, -0.1) is 5.11 Å². The molecule has 180 valence electrons. The van der Waals surface area contributed by atoms with E-state index >= 15 is 0 Å². The lowest BCUT2D eigenvalue weighted by atomic mass is 10.1. The Morgan fingerprint density at radius 3 is 2.33 bits per heavy atom. The van der Waals surface area contributed by atoms with Gasteiger partial charge in [-0.3, -0.25) is 0 Å². The summed E-state index contributed by atoms with van der Waals surface area (Å²) in [7, 11) is -7.18. The van der Waals surface area contributed by atoms with Crippen molar-refractivity contribution in [3.05, 3.63) is 42.0 Å². The summed E-state index contributed by atoms with van der Waals surface area (Å²) in [5.41, 5.74) is 2.19. The number of nitrogens with zero attached hydrogens (tertiary/aromatic N) is 3. The predicted octanol–water partition coefficient (Wildman–Crippen LogP) is 3.20. The predicted molar refractivity (Wildman–Crippen MR) is 126 cm³/mol. The van der Waals surface area contributed by atoms with Crippen molar-refractivity contribution in [2.24, 2.45) is 10.2 Å². The zero-order valence-corrected chi connectivity index (χ0v) is 20.6. The number of hydrogen-bond donors (Lipinski definition) is 1. The number of azo groups is 1. The average Bonchev–Trinajstić information content (AvgIpc) is 3.24. The van der Waals surface area contributed by atoms with Crippen molar-refractivity contribution in [3.63, 3.8) is 0 Å². The van der Waals surface area contributed by atoms with Crippen LogP contribution in [0.25, 0.3) is 0 Å². The second kappa shape index (κ2) is 10.3. The molecule has 0 radical (unpaired) electrons. The first-order valence-corrected chi connectivity index (χ1v) is 14.3. The molecule has 1 fully saturated rings. The molecule has 1 heterocycles. The van der Waals surface area contributed by atoms with Crippen molar-refractivity contribution in [1.82, 2.24) is 0 Å². The van der Waals surface area contributed by atoms with E-state index in [1.807, 2.05) is 19.1 Å². The number of aliphatic hydroxyl groups excluding tert-OH is 1. The Labute approximate surface area is 194 Å². The molecular formula is C22H29N3O6S2. The molecule has 1 N–H and O–H groups in total. The second-order valence-corrected chi connectivity index (χ2v) is 12.1. The quantitative estimate of drug-likeness (QED) is 0.530. The topological polar surface area (TPSA) is 126 Å². The molecule has 1 unspecified atom stereocenters. The summed E-state index contributed by atoms with van der Waals surface area (Å²) in [6, 6.07) is 9.22. The molecule has 9 nitrogen and oxygen atoms in total. The number of hydrogen-bond acceptors (Lipinski definition) is 9. The number of aliphatic hydroxyl groups is 1. The van der Waals surface area contributed by atoms with Gasteiger partial charge in [-0.2, -0.15) is 5.11 Å². The van der Waals surface area contributed by atoms with Crippen LogP contribution < -0.4 is 4.90 Å². The molecule has 0 saturated carbocycles. The lowest BCUT2D eigenvalue weighted by molar-refractivity contribution is 0.114. The summed E-state index contributed by atoms with van der Waals surface area (Å²) in [5.74, 6) is 0. The zero-order chi connectivity index (χ0) is 24.2. The van der Waals surface area contributed by atoms with E-state index in [2.05, 4.69) is 15.1 Å². The summed E-state index contributed by atoms with van der Waals surface area (Å²) >= 11 is 0. The number of aryl methyl sites for hydroxylation is 1. The minimum absolute atomic E-state index is 0.0121. The second-order valence-electron chi connectivity index (χ2n) is 8.15. The Hall–Kier alpha value is -2.34. The Morgan fingerprint density at radius 1 is 1.03 bits per heavy atom. The van der Waals surface area contributed by atoms with Gasteiger partial charge in [0.15, 0.2) is 19.7 Å². The molecule has 0 aliphatic carbocycles. The molecule has 0 amide bonds. The summed E-state index contributed by atoms with van der Waals surface area (Å²) < 4.78 is 53.8. The van der Waals surface area contributed by atoms with Gasteiger partial charge in [0.25, 0.3) is 0 Å². The van der Waals surface area contributed by atoms with Gasteiger partial charge in [0.2, 0.25) is 0 Å². The molecule has 1 aliphatic rings. The normalized spacial score (nSPS) is 17.0. The van der Waals surface area contributed by atoms with Crippen LogP contribution in [0.2, 0.25) is 0 Å².